The van der Waals surface area contributed by atoms with E-state index in [-0.39, 0.29) is 16.5 Å². The van der Waals surface area contributed by atoms with E-state index in [9.17, 15) is 17.6 Å². The van der Waals surface area contributed by atoms with E-state index in [1.165, 1.54) is 23.8 Å². The van der Waals surface area contributed by atoms with Gasteiger partial charge in [0.15, 0.2) is 5.03 Å². The summed E-state index contributed by atoms with van der Waals surface area (Å²) in [5.74, 6) is -2.71. The molecule has 3 aromatic rings. The molecule has 2 N–H and O–H groups in total. The van der Waals surface area contributed by atoms with Crippen molar-refractivity contribution in [2.75, 3.05) is 43.0 Å². The Morgan fingerprint density at radius 3 is 2.50 bits per heavy atom. The van der Waals surface area contributed by atoms with Crippen molar-refractivity contribution in [2.24, 2.45) is 5.41 Å². The van der Waals surface area contributed by atoms with Crippen molar-refractivity contribution in [3.8, 4) is 16.3 Å². The van der Waals surface area contributed by atoms with Gasteiger partial charge in [0.05, 0.1) is 31.6 Å². The van der Waals surface area contributed by atoms with Crippen LogP contribution in [0.1, 0.15) is 23.2 Å². The van der Waals surface area contributed by atoms with Crippen LogP contribution in [0.3, 0.4) is 0 Å². The number of aromatic nitrogens is 1. The fourth-order valence-electron chi connectivity index (χ4n) is 4.41. The lowest BCUT2D eigenvalue weighted by molar-refractivity contribution is -0.124. The Balaban J connectivity index is 1.31. The summed E-state index contributed by atoms with van der Waals surface area (Å²) in [5.41, 5.74) is 1.40. The molecule has 12 heteroatoms. The number of anilines is 2. The summed E-state index contributed by atoms with van der Waals surface area (Å²) in [5, 5.41) is 10.7. The fourth-order valence-corrected chi connectivity index (χ4v) is 6.57. The number of nitrogens with zero attached hydrogens (tertiary/aromatic N) is 2. The van der Waals surface area contributed by atoms with E-state index in [1.54, 1.807) is 0 Å². The zero-order chi connectivity index (χ0) is 25.5. The van der Waals surface area contributed by atoms with Crippen LogP contribution in [0.4, 0.5) is 15.8 Å². The Kier molecular flexibility index (Phi) is 6.35. The number of halogens is 1. The molecule has 36 heavy (non-hydrogen) atoms. The number of carboxylic acids is 1. The first kappa shape index (κ1) is 24.5. The van der Waals surface area contributed by atoms with Crippen LogP contribution in [-0.4, -0.2) is 57.9 Å². The Morgan fingerprint density at radius 1 is 1.22 bits per heavy atom. The number of nitrogens with one attached hydrogen (secondary N) is 1. The number of sulfonamides is 1. The first-order chi connectivity index (χ1) is 17.2. The third kappa shape index (κ3) is 4.63. The van der Waals surface area contributed by atoms with Crippen LogP contribution in [0.2, 0.25) is 0 Å². The maximum Gasteiger partial charge on any atom is 0.338 e. The molecule has 9 nitrogen and oxygen atoms in total. The number of rotatable bonds is 7. The molecule has 2 saturated heterocycles. The van der Waals surface area contributed by atoms with E-state index in [2.05, 4.69) is 14.6 Å². The summed E-state index contributed by atoms with van der Waals surface area (Å²) in [7, 11) is -2.95. The van der Waals surface area contributed by atoms with Crippen molar-refractivity contribution in [1.29, 1.82) is 0 Å². The molecule has 0 bridgehead atoms. The van der Waals surface area contributed by atoms with Crippen molar-refractivity contribution >= 4 is 38.7 Å². The summed E-state index contributed by atoms with van der Waals surface area (Å²) in [6.45, 7) is 3.68. The molecular formula is C24H24FN3O6S2. The van der Waals surface area contributed by atoms with Gasteiger partial charge in [0.1, 0.15) is 16.6 Å². The average molecular weight is 534 g/mol. The minimum absolute atomic E-state index is 0.128. The smallest absolute Gasteiger partial charge is 0.338 e. The van der Waals surface area contributed by atoms with E-state index >= 15 is 0 Å². The molecule has 0 aliphatic carbocycles. The Labute approximate surface area is 211 Å². The maximum atomic E-state index is 14.2. The second kappa shape index (κ2) is 9.34. The average Bonchev–Trinajstić information content (AvgIpc) is 3.35. The number of hydrogen-bond donors (Lipinski definition) is 2. The molecule has 1 spiro atoms. The topological polar surface area (TPSA) is 118 Å². The molecule has 0 amide bonds. The standard InChI is InChI=1S/C24H24FN3O6S2/c1-33-20-10-17(23(29)30)18(25)11-19(20)27-36(31,32)21-12-35-22(26-21)15-2-4-16(5-3-15)28-8-6-24(7-9-28)13-34-14-24/h2-5,10-12,27H,6-9,13-14H2,1H3,(H,29,30). The van der Waals surface area contributed by atoms with E-state index in [4.69, 9.17) is 14.6 Å². The summed E-state index contributed by atoms with van der Waals surface area (Å²) in [4.78, 5) is 17.8. The van der Waals surface area contributed by atoms with Gasteiger partial charge in [-0.05, 0) is 43.2 Å². The van der Waals surface area contributed by atoms with Crippen LogP contribution in [0.15, 0.2) is 46.8 Å². The molecule has 2 aliphatic rings. The quantitative estimate of drug-likeness (QED) is 0.467. The SMILES string of the molecule is COc1cc(C(=O)O)c(F)cc1NS(=O)(=O)c1csc(-c2ccc(N3CCC4(CC3)COC4)cc2)n1. The van der Waals surface area contributed by atoms with Gasteiger partial charge < -0.3 is 19.5 Å². The molecule has 2 fully saturated rings. The molecule has 1 aromatic heterocycles. The monoisotopic (exact) mass is 533 g/mol. The number of aromatic carboxylic acids is 1. The van der Waals surface area contributed by atoms with Gasteiger partial charge in [-0.25, -0.2) is 14.2 Å². The number of ether oxygens (including phenoxy) is 2. The summed E-state index contributed by atoms with van der Waals surface area (Å²) < 4.78 is 52.6. The highest BCUT2D eigenvalue weighted by Gasteiger charge is 2.41. The van der Waals surface area contributed by atoms with Crippen LogP contribution >= 0.6 is 11.3 Å². The third-order valence-electron chi connectivity index (χ3n) is 6.64. The van der Waals surface area contributed by atoms with Crippen molar-refractivity contribution in [1.82, 2.24) is 4.98 Å². The Bertz CT molecular complexity index is 1390. The fraction of sp³-hybridized carbons (Fsp3) is 0.333. The number of hydrogen-bond acceptors (Lipinski definition) is 8. The number of carboxylic acid groups (broad SMARTS) is 1. The van der Waals surface area contributed by atoms with Crippen LogP contribution in [0.5, 0.6) is 5.75 Å². The first-order valence-corrected chi connectivity index (χ1v) is 13.6. The summed E-state index contributed by atoms with van der Waals surface area (Å²) in [6.07, 6.45) is 2.23. The van der Waals surface area contributed by atoms with E-state index < -0.39 is 27.4 Å². The number of benzene rings is 2. The lowest BCUT2D eigenvalue weighted by Crippen LogP contribution is -2.50. The molecule has 190 valence electrons. The van der Waals surface area contributed by atoms with Gasteiger partial charge >= 0.3 is 5.97 Å². The minimum atomic E-state index is -4.18. The molecule has 2 aliphatic heterocycles. The summed E-state index contributed by atoms with van der Waals surface area (Å²) in [6, 6.07) is 9.54. The van der Waals surface area contributed by atoms with Gasteiger partial charge in [0, 0.05) is 41.2 Å². The summed E-state index contributed by atoms with van der Waals surface area (Å²) >= 11 is 1.17. The number of thiazole rings is 1. The Hall–Kier alpha value is -3.22. The molecule has 0 radical (unpaired) electrons. The number of carbonyl (C=O) groups is 1. The zero-order valence-corrected chi connectivity index (χ0v) is 21.0. The van der Waals surface area contributed by atoms with Gasteiger partial charge in [0.2, 0.25) is 0 Å². The third-order valence-corrected chi connectivity index (χ3v) is 8.93. The van der Waals surface area contributed by atoms with Crippen LogP contribution in [0, 0.1) is 11.2 Å². The number of piperidine rings is 1. The van der Waals surface area contributed by atoms with Crippen molar-refractivity contribution in [3.63, 3.8) is 0 Å². The van der Waals surface area contributed by atoms with Gasteiger partial charge in [-0.1, -0.05) is 0 Å². The molecule has 0 saturated carbocycles. The highest BCUT2D eigenvalue weighted by molar-refractivity contribution is 7.92. The van der Waals surface area contributed by atoms with Gasteiger partial charge in [-0.3, -0.25) is 4.72 Å². The highest BCUT2D eigenvalue weighted by atomic mass is 32.2. The predicted molar refractivity (Wildman–Crippen MR) is 133 cm³/mol. The highest BCUT2D eigenvalue weighted by Crippen LogP contribution is 2.40. The molecule has 5 rings (SSSR count). The lowest BCUT2D eigenvalue weighted by atomic mass is 9.77. The second-order valence-corrected chi connectivity index (χ2v) is 11.4. The predicted octanol–water partition coefficient (Wildman–Crippen LogP) is 4.07. The largest absolute Gasteiger partial charge is 0.495 e. The lowest BCUT2D eigenvalue weighted by Gasteiger charge is -2.47. The molecule has 3 heterocycles. The van der Waals surface area contributed by atoms with Crippen LogP contribution in [0.25, 0.3) is 10.6 Å². The van der Waals surface area contributed by atoms with E-state index in [1.807, 2.05) is 24.3 Å². The van der Waals surface area contributed by atoms with Gasteiger partial charge in [0.25, 0.3) is 10.0 Å². The van der Waals surface area contributed by atoms with E-state index in [0.717, 1.165) is 62.5 Å². The molecule has 0 atom stereocenters. The van der Waals surface area contributed by atoms with Crippen LogP contribution < -0.4 is 14.4 Å². The van der Waals surface area contributed by atoms with Crippen LogP contribution in [-0.2, 0) is 14.8 Å². The Morgan fingerprint density at radius 2 is 1.92 bits per heavy atom. The van der Waals surface area contributed by atoms with E-state index in [0.29, 0.717) is 10.4 Å². The maximum absolute atomic E-state index is 14.2. The minimum Gasteiger partial charge on any atom is -0.495 e. The number of methoxy groups -OCH3 is 1. The van der Waals surface area contributed by atoms with Crippen molar-refractivity contribution in [3.05, 3.63) is 53.2 Å². The van der Waals surface area contributed by atoms with Crippen molar-refractivity contribution in [2.45, 2.75) is 17.9 Å². The first-order valence-electron chi connectivity index (χ1n) is 11.2. The molecule has 0 unspecified atom stereocenters. The molecule has 2 aromatic carbocycles. The second-order valence-electron chi connectivity index (χ2n) is 8.96. The molecular weight excluding hydrogens is 509 g/mol. The van der Waals surface area contributed by atoms with Gasteiger partial charge in [-0.2, -0.15) is 8.42 Å². The zero-order valence-electron chi connectivity index (χ0n) is 19.4. The normalized spacial score (nSPS) is 17.0. The van der Waals surface area contributed by atoms with Crippen molar-refractivity contribution < 1.29 is 32.2 Å². The van der Waals surface area contributed by atoms with Gasteiger partial charge in [-0.15, -0.1) is 11.3 Å².